The van der Waals surface area contributed by atoms with Crippen LogP contribution < -0.4 is 4.74 Å². The van der Waals surface area contributed by atoms with Crippen LogP contribution in [0.15, 0.2) is 53.4 Å². The summed E-state index contributed by atoms with van der Waals surface area (Å²) in [5.74, 6) is 0.244. The Morgan fingerprint density at radius 1 is 0.960 bits per heavy atom. The van der Waals surface area contributed by atoms with Crippen molar-refractivity contribution in [2.24, 2.45) is 0 Å². The summed E-state index contributed by atoms with van der Waals surface area (Å²) in [7, 11) is -2.45. The molecule has 0 aliphatic carbocycles. The Labute approximate surface area is 147 Å². The molecule has 0 saturated carbocycles. The lowest BCUT2D eigenvalue weighted by atomic mass is 10.1. The van der Waals surface area contributed by atoms with Gasteiger partial charge in [0.15, 0.2) is 0 Å². The van der Waals surface area contributed by atoms with Crippen molar-refractivity contribution in [2.45, 2.75) is 18.2 Å². The number of hydrogen-bond donors (Lipinski definition) is 0. The van der Waals surface area contributed by atoms with Crippen molar-refractivity contribution in [2.75, 3.05) is 20.3 Å². The molecular weight excluding hydrogens is 344 g/mol. The maximum absolute atomic E-state index is 12.0. The second kappa shape index (κ2) is 8.64. The summed E-state index contributed by atoms with van der Waals surface area (Å²) in [6.07, 6.45) is 0.189. The van der Waals surface area contributed by atoms with Gasteiger partial charge in [0.2, 0.25) is 0 Å². The molecule has 6 nitrogen and oxygen atoms in total. The molecule has 0 saturated heterocycles. The van der Waals surface area contributed by atoms with Crippen LogP contribution in [0.5, 0.6) is 5.75 Å². The molecule has 0 aliphatic heterocycles. The number of hydrogen-bond acceptors (Lipinski definition) is 6. The van der Waals surface area contributed by atoms with E-state index in [2.05, 4.69) is 4.74 Å². The Morgan fingerprint density at radius 2 is 1.60 bits per heavy atom. The molecule has 2 rings (SSSR count). The van der Waals surface area contributed by atoms with E-state index in [1.165, 1.54) is 19.2 Å². The van der Waals surface area contributed by atoms with Crippen molar-refractivity contribution < 1.29 is 26.9 Å². The zero-order valence-corrected chi connectivity index (χ0v) is 14.9. The van der Waals surface area contributed by atoms with Gasteiger partial charge in [-0.3, -0.25) is 8.98 Å². The van der Waals surface area contributed by atoms with Gasteiger partial charge in [-0.25, -0.2) is 0 Å². The highest BCUT2D eigenvalue weighted by atomic mass is 32.2. The summed E-state index contributed by atoms with van der Waals surface area (Å²) in [5.41, 5.74) is 1.77. The van der Waals surface area contributed by atoms with Crippen molar-refractivity contribution in [3.05, 3.63) is 59.7 Å². The van der Waals surface area contributed by atoms with E-state index in [0.29, 0.717) is 5.75 Å². The van der Waals surface area contributed by atoms with E-state index in [9.17, 15) is 13.2 Å². The summed E-state index contributed by atoms with van der Waals surface area (Å²) in [5, 5.41) is 0. The molecule has 2 aromatic carbocycles. The highest BCUT2D eigenvalue weighted by molar-refractivity contribution is 7.86. The van der Waals surface area contributed by atoms with E-state index < -0.39 is 10.1 Å². The molecule has 0 bridgehead atoms. The zero-order valence-electron chi connectivity index (χ0n) is 14.1. The molecule has 134 valence electrons. The van der Waals surface area contributed by atoms with Crippen LogP contribution in [0.3, 0.4) is 0 Å². The van der Waals surface area contributed by atoms with Crippen molar-refractivity contribution in [3.63, 3.8) is 0 Å². The van der Waals surface area contributed by atoms with Crippen LogP contribution in [-0.4, -0.2) is 34.7 Å². The van der Waals surface area contributed by atoms with Gasteiger partial charge < -0.3 is 9.47 Å². The maximum Gasteiger partial charge on any atom is 0.309 e. The first-order chi connectivity index (χ1) is 11.9. The molecule has 0 spiro atoms. The normalized spacial score (nSPS) is 11.1. The fourth-order valence-corrected chi connectivity index (χ4v) is 2.91. The van der Waals surface area contributed by atoms with Gasteiger partial charge in [0.05, 0.1) is 18.4 Å². The van der Waals surface area contributed by atoms with Gasteiger partial charge in [-0.1, -0.05) is 29.8 Å². The Balaban J connectivity index is 1.80. The molecule has 0 unspecified atom stereocenters. The van der Waals surface area contributed by atoms with Gasteiger partial charge in [0, 0.05) is 0 Å². The van der Waals surface area contributed by atoms with Crippen molar-refractivity contribution >= 4 is 16.1 Å². The van der Waals surface area contributed by atoms with Crippen LogP contribution in [0.25, 0.3) is 0 Å². The van der Waals surface area contributed by atoms with E-state index in [4.69, 9.17) is 8.92 Å². The molecule has 0 radical (unpaired) electrons. The number of benzene rings is 2. The quantitative estimate of drug-likeness (QED) is 0.407. The second-order valence-electron chi connectivity index (χ2n) is 5.33. The largest absolute Gasteiger partial charge is 0.491 e. The summed E-state index contributed by atoms with van der Waals surface area (Å²) < 4.78 is 39.0. The SMILES string of the molecule is COC(=O)Cc1ccc(OCCOS(=O)(=O)c2ccc(C)cc2)cc1. The van der Waals surface area contributed by atoms with Crippen molar-refractivity contribution in [3.8, 4) is 5.75 Å². The molecule has 0 aliphatic rings. The molecule has 0 atom stereocenters. The highest BCUT2D eigenvalue weighted by Gasteiger charge is 2.14. The van der Waals surface area contributed by atoms with E-state index in [1.807, 2.05) is 6.92 Å². The predicted octanol–water partition coefficient (Wildman–Crippen LogP) is 2.49. The van der Waals surface area contributed by atoms with Crippen LogP contribution >= 0.6 is 0 Å². The van der Waals surface area contributed by atoms with Crippen LogP contribution in [0, 0.1) is 6.92 Å². The van der Waals surface area contributed by atoms with E-state index in [0.717, 1.165) is 11.1 Å². The van der Waals surface area contributed by atoms with Crippen molar-refractivity contribution in [1.29, 1.82) is 0 Å². The number of rotatable bonds is 8. The lowest BCUT2D eigenvalue weighted by molar-refractivity contribution is -0.139. The summed E-state index contributed by atoms with van der Waals surface area (Å²) in [6, 6.07) is 13.3. The topological polar surface area (TPSA) is 78.9 Å². The Morgan fingerprint density at radius 3 is 2.20 bits per heavy atom. The molecule has 0 aromatic heterocycles. The Bertz CT molecular complexity index is 794. The minimum Gasteiger partial charge on any atom is -0.491 e. The van der Waals surface area contributed by atoms with Gasteiger partial charge in [0.25, 0.3) is 10.1 Å². The lowest BCUT2D eigenvalue weighted by Crippen LogP contribution is -2.13. The molecule has 0 amide bonds. The smallest absolute Gasteiger partial charge is 0.309 e. The van der Waals surface area contributed by atoms with E-state index in [-0.39, 0.29) is 30.5 Å². The average Bonchev–Trinajstić information content (AvgIpc) is 2.60. The minimum absolute atomic E-state index is 0.0848. The third-order valence-corrected chi connectivity index (χ3v) is 4.73. The van der Waals surface area contributed by atoms with Gasteiger partial charge in [-0.15, -0.1) is 0 Å². The van der Waals surface area contributed by atoms with Crippen LogP contribution in [0.1, 0.15) is 11.1 Å². The third kappa shape index (κ3) is 5.88. The second-order valence-corrected chi connectivity index (χ2v) is 6.95. The number of methoxy groups -OCH3 is 1. The summed E-state index contributed by atoms with van der Waals surface area (Å²) >= 11 is 0. The summed E-state index contributed by atoms with van der Waals surface area (Å²) in [6.45, 7) is 1.86. The molecular formula is C18H20O6S. The Kier molecular flexibility index (Phi) is 6.55. The molecule has 7 heteroatoms. The maximum atomic E-state index is 12.0. The van der Waals surface area contributed by atoms with Gasteiger partial charge in [-0.2, -0.15) is 8.42 Å². The molecule has 2 aromatic rings. The Hall–Kier alpha value is -2.38. The lowest BCUT2D eigenvalue weighted by Gasteiger charge is -2.08. The van der Waals surface area contributed by atoms with Crippen LogP contribution in [-0.2, 0) is 30.3 Å². The number of carbonyl (C=O) groups is 1. The number of carbonyl (C=O) groups excluding carboxylic acids is 1. The monoisotopic (exact) mass is 364 g/mol. The predicted molar refractivity (Wildman–Crippen MR) is 92.0 cm³/mol. The average molecular weight is 364 g/mol. The van der Waals surface area contributed by atoms with Crippen LogP contribution in [0.4, 0.5) is 0 Å². The number of aryl methyl sites for hydroxylation is 1. The summed E-state index contributed by atoms with van der Waals surface area (Å²) in [4.78, 5) is 11.3. The first kappa shape index (κ1) is 19.0. The van der Waals surface area contributed by atoms with Crippen molar-refractivity contribution in [1.82, 2.24) is 0 Å². The highest BCUT2D eigenvalue weighted by Crippen LogP contribution is 2.15. The number of ether oxygens (including phenoxy) is 2. The fraction of sp³-hybridized carbons (Fsp3) is 0.278. The number of esters is 1. The first-order valence-electron chi connectivity index (χ1n) is 7.65. The molecule has 0 heterocycles. The van der Waals surface area contributed by atoms with Gasteiger partial charge in [-0.05, 0) is 36.8 Å². The van der Waals surface area contributed by atoms with E-state index in [1.54, 1.807) is 36.4 Å². The van der Waals surface area contributed by atoms with Gasteiger partial charge in [0.1, 0.15) is 19.0 Å². The minimum atomic E-state index is -3.79. The molecule has 0 N–H and O–H groups in total. The molecule has 0 fully saturated rings. The van der Waals surface area contributed by atoms with E-state index >= 15 is 0 Å². The fourth-order valence-electron chi connectivity index (χ4n) is 2.02. The first-order valence-corrected chi connectivity index (χ1v) is 9.06. The third-order valence-electron chi connectivity index (χ3n) is 3.40. The standard InChI is InChI=1S/C18H20O6S/c1-14-3-9-17(10-4-14)25(20,21)24-12-11-23-16-7-5-15(6-8-16)13-18(19)22-2/h3-10H,11-13H2,1-2H3. The van der Waals surface area contributed by atoms with Gasteiger partial charge >= 0.3 is 5.97 Å². The molecule has 25 heavy (non-hydrogen) atoms. The zero-order chi connectivity index (χ0) is 18.3. The van der Waals surface area contributed by atoms with Crippen LogP contribution in [0.2, 0.25) is 0 Å².